The number of nitrogens with zero attached hydrogens (tertiary/aromatic N) is 1. The highest BCUT2D eigenvalue weighted by Crippen LogP contribution is 2.29. The van der Waals surface area contributed by atoms with E-state index in [4.69, 9.17) is 0 Å². The van der Waals surface area contributed by atoms with E-state index in [9.17, 15) is 4.39 Å². The summed E-state index contributed by atoms with van der Waals surface area (Å²) in [6.07, 6.45) is 1.14. The SMILES string of the molecule is Cc1ccc(C(c2ccc(F)cc2)N2CCCNCC2)cc1. The van der Waals surface area contributed by atoms with Gasteiger partial charge < -0.3 is 5.32 Å². The van der Waals surface area contributed by atoms with Crippen LogP contribution in [0, 0.1) is 12.7 Å². The Labute approximate surface area is 132 Å². The molecule has 1 N–H and O–H groups in total. The maximum absolute atomic E-state index is 13.3. The first-order valence-electron chi connectivity index (χ1n) is 8.01. The van der Waals surface area contributed by atoms with Crippen molar-refractivity contribution in [2.75, 3.05) is 26.2 Å². The monoisotopic (exact) mass is 298 g/mol. The fourth-order valence-electron chi connectivity index (χ4n) is 3.13. The molecule has 116 valence electrons. The predicted octanol–water partition coefficient (Wildman–Crippen LogP) is 3.52. The van der Waals surface area contributed by atoms with E-state index in [1.54, 1.807) is 12.1 Å². The second-order valence-electron chi connectivity index (χ2n) is 6.00. The Bertz CT molecular complexity index is 538. The van der Waals surface area contributed by atoms with Crippen LogP contribution in [0.3, 0.4) is 0 Å². The third-order valence-electron chi connectivity index (χ3n) is 4.32. The van der Waals surface area contributed by atoms with Crippen molar-refractivity contribution >= 4 is 0 Å². The standard InChI is InChI=1S/C19H23FN2/c1-15-3-5-16(6-4-15)19(17-7-9-18(20)10-8-17)22-13-2-11-21-12-14-22/h3-10,19,21H,2,11-14H2,1H3. The van der Waals surface area contributed by atoms with Gasteiger partial charge in [-0.15, -0.1) is 0 Å². The summed E-state index contributed by atoms with van der Waals surface area (Å²) in [5.41, 5.74) is 3.70. The molecule has 0 aromatic heterocycles. The summed E-state index contributed by atoms with van der Waals surface area (Å²) in [6.45, 7) is 6.25. The van der Waals surface area contributed by atoms with Crippen molar-refractivity contribution in [2.24, 2.45) is 0 Å². The zero-order valence-electron chi connectivity index (χ0n) is 13.1. The van der Waals surface area contributed by atoms with Crippen LogP contribution in [-0.4, -0.2) is 31.1 Å². The van der Waals surface area contributed by atoms with E-state index in [2.05, 4.69) is 41.4 Å². The topological polar surface area (TPSA) is 15.3 Å². The number of rotatable bonds is 3. The quantitative estimate of drug-likeness (QED) is 0.932. The third kappa shape index (κ3) is 3.54. The molecule has 22 heavy (non-hydrogen) atoms. The summed E-state index contributed by atoms with van der Waals surface area (Å²) in [5.74, 6) is -0.177. The van der Waals surface area contributed by atoms with Crippen molar-refractivity contribution in [3.05, 3.63) is 71.0 Å². The molecule has 0 amide bonds. The molecule has 0 spiro atoms. The van der Waals surface area contributed by atoms with Crippen LogP contribution in [0.1, 0.15) is 29.2 Å². The van der Waals surface area contributed by atoms with E-state index in [0.717, 1.165) is 38.2 Å². The zero-order valence-corrected chi connectivity index (χ0v) is 13.1. The van der Waals surface area contributed by atoms with Gasteiger partial charge in [0.15, 0.2) is 0 Å². The van der Waals surface area contributed by atoms with Gasteiger partial charge in [0.25, 0.3) is 0 Å². The summed E-state index contributed by atoms with van der Waals surface area (Å²) in [6, 6.07) is 15.9. The van der Waals surface area contributed by atoms with Gasteiger partial charge in [-0.05, 0) is 43.1 Å². The van der Waals surface area contributed by atoms with Gasteiger partial charge in [-0.1, -0.05) is 42.0 Å². The highest BCUT2D eigenvalue weighted by atomic mass is 19.1. The lowest BCUT2D eigenvalue weighted by Crippen LogP contribution is -2.33. The lowest BCUT2D eigenvalue weighted by atomic mass is 9.96. The summed E-state index contributed by atoms with van der Waals surface area (Å²) >= 11 is 0. The minimum Gasteiger partial charge on any atom is -0.315 e. The molecule has 3 heteroatoms. The molecular formula is C19H23FN2. The van der Waals surface area contributed by atoms with Crippen LogP contribution in [0.4, 0.5) is 4.39 Å². The Balaban J connectivity index is 1.96. The fourth-order valence-corrected chi connectivity index (χ4v) is 3.13. The van der Waals surface area contributed by atoms with Crippen LogP contribution in [0.25, 0.3) is 0 Å². The molecule has 1 heterocycles. The van der Waals surface area contributed by atoms with E-state index in [-0.39, 0.29) is 11.9 Å². The largest absolute Gasteiger partial charge is 0.315 e. The van der Waals surface area contributed by atoms with E-state index in [1.807, 2.05) is 12.1 Å². The molecule has 0 bridgehead atoms. The van der Waals surface area contributed by atoms with Gasteiger partial charge in [-0.2, -0.15) is 0 Å². The Morgan fingerprint density at radius 3 is 2.23 bits per heavy atom. The summed E-state index contributed by atoms with van der Waals surface area (Å²) < 4.78 is 13.3. The van der Waals surface area contributed by atoms with E-state index < -0.39 is 0 Å². The number of halogens is 1. The molecule has 2 aromatic rings. The molecular weight excluding hydrogens is 275 g/mol. The smallest absolute Gasteiger partial charge is 0.123 e. The van der Waals surface area contributed by atoms with Crippen molar-refractivity contribution in [3.63, 3.8) is 0 Å². The first-order valence-corrected chi connectivity index (χ1v) is 8.01. The highest BCUT2D eigenvalue weighted by Gasteiger charge is 2.23. The van der Waals surface area contributed by atoms with Crippen LogP contribution in [0.2, 0.25) is 0 Å². The van der Waals surface area contributed by atoms with E-state index >= 15 is 0 Å². The molecule has 0 saturated carbocycles. The molecule has 1 aliphatic heterocycles. The Morgan fingerprint density at radius 2 is 1.55 bits per heavy atom. The number of aryl methyl sites for hydroxylation is 1. The van der Waals surface area contributed by atoms with Crippen LogP contribution in [-0.2, 0) is 0 Å². The minimum atomic E-state index is -0.177. The van der Waals surface area contributed by atoms with Gasteiger partial charge in [-0.25, -0.2) is 4.39 Å². The molecule has 3 rings (SSSR count). The first-order chi connectivity index (χ1) is 10.7. The van der Waals surface area contributed by atoms with Crippen LogP contribution < -0.4 is 5.32 Å². The number of hydrogen-bond donors (Lipinski definition) is 1. The third-order valence-corrected chi connectivity index (χ3v) is 4.32. The second-order valence-corrected chi connectivity index (χ2v) is 6.00. The summed E-state index contributed by atoms with van der Waals surface area (Å²) in [5, 5.41) is 3.45. The van der Waals surface area contributed by atoms with Crippen LogP contribution in [0.15, 0.2) is 48.5 Å². The maximum atomic E-state index is 13.3. The Morgan fingerprint density at radius 1 is 0.909 bits per heavy atom. The lowest BCUT2D eigenvalue weighted by molar-refractivity contribution is 0.241. The van der Waals surface area contributed by atoms with Crippen molar-refractivity contribution in [3.8, 4) is 0 Å². The van der Waals surface area contributed by atoms with Crippen molar-refractivity contribution in [2.45, 2.75) is 19.4 Å². The lowest BCUT2D eigenvalue weighted by Gasteiger charge is -2.31. The molecule has 1 unspecified atom stereocenters. The molecule has 2 nitrogen and oxygen atoms in total. The average molecular weight is 298 g/mol. The Kier molecular flexibility index (Phi) is 4.86. The highest BCUT2D eigenvalue weighted by molar-refractivity contribution is 5.33. The molecule has 1 saturated heterocycles. The molecule has 2 aromatic carbocycles. The van der Waals surface area contributed by atoms with Crippen LogP contribution in [0.5, 0.6) is 0 Å². The zero-order chi connectivity index (χ0) is 15.4. The fraction of sp³-hybridized carbons (Fsp3) is 0.368. The average Bonchev–Trinajstić information content (AvgIpc) is 2.81. The minimum absolute atomic E-state index is 0.177. The Hall–Kier alpha value is -1.71. The van der Waals surface area contributed by atoms with Gasteiger partial charge in [0.2, 0.25) is 0 Å². The van der Waals surface area contributed by atoms with E-state index in [0.29, 0.717) is 0 Å². The van der Waals surface area contributed by atoms with Crippen molar-refractivity contribution in [1.82, 2.24) is 10.2 Å². The molecule has 0 aliphatic carbocycles. The van der Waals surface area contributed by atoms with Gasteiger partial charge in [0.05, 0.1) is 6.04 Å². The molecule has 1 aliphatic rings. The van der Waals surface area contributed by atoms with Crippen LogP contribution >= 0.6 is 0 Å². The van der Waals surface area contributed by atoms with Gasteiger partial charge in [0.1, 0.15) is 5.82 Å². The summed E-state index contributed by atoms with van der Waals surface area (Å²) in [7, 11) is 0. The predicted molar refractivity (Wildman–Crippen MR) is 88.5 cm³/mol. The van der Waals surface area contributed by atoms with Gasteiger partial charge in [0, 0.05) is 19.6 Å². The number of nitrogens with one attached hydrogen (secondary N) is 1. The second kappa shape index (κ2) is 7.03. The first kappa shape index (κ1) is 15.2. The number of hydrogen-bond acceptors (Lipinski definition) is 2. The number of benzene rings is 2. The normalized spacial score (nSPS) is 17.9. The maximum Gasteiger partial charge on any atom is 0.123 e. The van der Waals surface area contributed by atoms with Gasteiger partial charge >= 0.3 is 0 Å². The molecule has 1 atom stereocenters. The van der Waals surface area contributed by atoms with E-state index in [1.165, 1.54) is 11.1 Å². The summed E-state index contributed by atoms with van der Waals surface area (Å²) in [4.78, 5) is 2.50. The van der Waals surface area contributed by atoms with Gasteiger partial charge in [-0.3, -0.25) is 4.90 Å². The molecule has 0 radical (unpaired) electrons. The van der Waals surface area contributed by atoms with Crippen molar-refractivity contribution < 1.29 is 4.39 Å². The van der Waals surface area contributed by atoms with Crippen molar-refractivity contribution in [1.29, 1.82) is 0 Å². The molecule has 1 fully saturated rings.